The molecule has 3 rings (SSSR count). The summed E-state index contributed by atoms with van der Waals surface area (Å²) < 4.78 is 5.76. The molecule has 1 heterocycles. The summed E-state index contributed by atoms with van der Waals surface area (Å²) in [4.78, 5) is 21.9. The third kappa shape index (κ3) is 4.17. The molecule has 0 aliphatic rings. The molecule has 1 aromatic heterocycles. The van der Waals surface area contributed by atoms with Crippen LogP contribution < -0.4 is 5.32 Å². The molecule has 0 radical (unpaired) electrons. The Balaban J connectivity index is 1.59. The van der Waals surface area contributed by atoms with E-state index >= 15 is 0 Å². The van der Waals surface area contributed by atoms with Gasteiger partial charge in [0.1, 0.15) is 11.5 Å². The van der Waals surface area contributed by atoms with Crippen molar-refractivity contribution in [3.63, 3.8) is 0 Å². The van der Waals surface area contributed by atoms with Gasteiger partial charge in [-0.1, -0.05) is 24.3 Å². The van der Waals surface area contributed by atoms with Gasteiger partial charge in [0.2, 0.25) is 0 Å². The maximum absolute atomic E-state index is 11.1. The molecule has 3 aromatic rings. The minimum atomic E-state index is -0.978. The van der Waals surface area contributed by atoms with Crippen molar-refractivity contribution in [1.29, 1.82) is 0 Å². The Morgan fingerprint density at radius 1 is 0.846 bits per heavy atom. The molecule has 0 spiro atoms. The van der Waals surface area contributed by atoms with Crippen LogP contribution in [0.25, 0.3) is 11.3 Å². The molecule has 0 saturated carbocycles. The van der Waals surface area contributed by atoms with Crippen LogP contribution in [0.4, 0.5) is 0 Å². The zero-order valence-corrected chi connectivity index (χ0v) is 13.8. The predicted octanol–water partition coefficient (Wildman–Crippen LogP) is 3.63. The van der Waals surface area contributed by atoms with Crippen LogP contribution >= 0.6 is 0 Å². The molecule has 6 nitrogen and oxygen atoms in total. The van der Waals surface area contributed by atoms with Gasteiger partial charge in [0.05, 0.1) is 17.7 Å². The van der Waals surface area contributed by atoms with Gasteiger partial charge in [-0.25, -0.2) is 9.59 Å². The van der Waals surface area contributed by atoms with Gasteiger partial charge >= 0.3 is 11.9 Å². The van der Waals surface area contributed by atoms with Crippen molar-refractivity contribution in [3.8, 4) is 11.3 Å². The minimum absolute atomic E-state index is 0.211. The summed E-state index contributed by atoms with van der Waals surface area (Å²) in [7, 11) is 0. The summed E-state index contributed by atoms with van der Waals surface area (Å²) in [5, 5.41) is 21.2. The van der Waals surface area contributed by atoms with Gasteiger partial charge < -0.3 is 19.9 Å². The first kappa shape index (κ1) is 17.4. The van der Waals surface area contributed by atoms with Gasteiger partial charge in [0, 0.05) is 12.1 Å². The highest BCUT2D eigenvalue weighted by Crippen LogP contribution is 2.23. The first-order valence-corrected chi connectivity index (χ1v) is 7.98. The molecule has 2 aromatic carbocycles. The van der Waals surface area contributed by atoms with Crippen molar-refractivity contribution >= 4 is 11.9 Å². The molecule has 0 aliphatic heterocycles. The summed E-state index contributed by atoms with van der Waals surface area (Å²) in [6.45, 7) is 1.07. The van der Waals surface area contributed by atoms with Gasteiger partial charge in [-0.3, -0.25) is 0 Å². The van der Waals surface area contributed by atoms with E-state index < -0.39 is 11.9 Å². The molecular formula is C20H17NO5. The van der Waals surface area contributed by atoms with E-state index in [2.05, 4.69) is 5.32 Å². The summed E-state index contributed by atoms with van der Waals surface area (Å²) in [5.74, 6) is -0.590. The SMILES string of the molecule is O=C(O)c1ccc(CNCc2ccc(-c3cccc(C(=O)O)c3)o2)cc1. The number of rotatable bonds is 7. The smallest absolute Gasteiger partial charge is 0.335 e. The lowest BCUT2D eigenvalue weighted by Gasteiger charge is -2.04. The van der Waals surface area contributed by atoms with Crippen molar-refractivity contribution in [3.05, 3.63) is 83.1 Å². The second kappa shape index (κ2) is 7.67. The number of carboxylic acids is 2. The van der Waals surface area contributed by atoms with Gasteiger partial charge in [-0.05, 0) is 42.0 Å². The van der Waals surface area contributed by atoms with E-state index in [0.29, 0.717) is 24.4 Å². The van der Waals surface area contributed by atoms with Crippen LogP contribution in [-0.2, 0) is 13.1 Å². The zero-order valence-electron chi connectivity index (χ0n) is 13.8. The van der Waals surface area contributed by atoms with E-state index in [4.69, 9.17) is 14.6 Å². The Hall–Kier alpha value is -3.38. The number of nitrogens with one attached hydrogen (secondary N) is 1. The van der Waals surface area contributed by atoms with Crippen molar-refractivity contribution in [1.82, 2.24) is 5.32 Å². The van der Waals surface area contributed by atoms with Gasteiger partial charge in [0.25, 0.3) is 0 Å². The molecule has 0 unspecified atom stereocenters. The van der Waals surface area contributed by atoms with Crippen LogP contribution in [0.15, 0.2) is 65.1 Å². The Morgan fingerprint density at radius 3 is 2.27 bits per heavy atom. The van der Waals surface area contributed by atoms with E-state index in [0.717, 1.165) is 11.3 Å². The largest absolute Gasteiger partial charge is 0.478 e. The summed E-state index contributed by atoms with van der Waals surface area (Å²) in [6, 6.07) is 16.9. The fraction of sp³-hybridized carbons (Fsp3) is 0.100. The molecule has 0 fully saturated rings. The molecule has 0 bridgehead atoms. The van der Waals surface area contributed by atoms with Crippen LogP contribution in [0, 0.1) is 0 Å². The highest BCUT2D eigenvalue weighted by molar-refractivity contribution is 5.89. The summed E-state index contributed by atoms with van der Waals surface area (Å²) in [6.07, 6.45) is 0. The molecule has 132 valence electrons. The molecule has 6 heteroatoms. The van der Waals surface area contributed by atoms with Crippen LogP contribution in [0.2, 0.25) is 0 Å². The zero-order chi connectivity index (χ0) is 18.5. The fourth-order valence-corrected chi connectivity index (χ4v) is 2.53. The van der Waals surface area contributed by atoms with Crippen molar-refractivity contribution in [2.75, 3.05) is 0 Å². The number of benzene rings is 2. The Kier molecular flexibility index (Phi) is 5.15. The van der Waals surface area contributed by atoms with Crippen LogP contribution in [0.5, 0.6) is 0 Å². The van der Waals surface area contributed by atoms with Crippen molar-refractivity contribution in [2.24, 2.45) is 0 Å². The summed E-state index contributed by atoms with van der Waals surface area (Å²) >= 11 is 0. The molecule has 3 N–H and O–H groups in total. The highest BCUT2D eigenvalue weighted by atomic mass is 16.4. The van der Waals surface area contributed by atoms with Crippen LogP contribution in [0.3, 0.4) is 0 Å². The quantitative estimate of drug-likeness (QED) is 0.601. The number of furan rings is 1. The topological polar surface area (TPSA) is 99.8 Å². The van der Waals surface area contributed by atoms with E-state index in [-0.39, 0.29) is 11.1 Å². The molecule has 0 aliphatic carbocycles. The Bertz CT molecular complexity index is 927. The maximum Gasteiger partial charge on any atom is 0.335 e. The normalized spacial score (nSPS) is 10.6. The summed E-state index contributed by atoms with van der Waals surface area (Å²) in [5.41, 5.74) is 2.15. The van der Waals surface area contributed by atoms with Gasteiger partial charge in [0.15, 0.2) is 0 Å². The first-order valence-electron chi connectivity index (χ1n) is 7.98. The predicted molar refractivity (Wildman–Crippen MR) is 95.0 cm³/mol. The lowest BCUT2D eigenvalue weighted by molar-refractivity contribution is 0.0686. The lowest BCUT2D eigenvalue weighted by Crippen LogP contribution is -2.12. The highest BCUT2D eigenvalue weighted by Gasteiger charge is 2.08. The van der Waals surface area contributed by atoms with E-state index in [1.54, 1.807) is 48.5 Å². The number of hydrogen-bond acceptors (Lipinski definition) is 4. The van der Waals surface area contributed by atoms with Crippen LogP contribution in [0.1, 0.15) is 32.0 Å². The monoisotopic (exact) mass is 351 g/mol. The molecule has 0 atom stereocenters. The third-order valence-corrected chi connectivity index (χ3v) is 3.88. The number of carboxylic acid groups (broad SMARTS) is 2. The first-order chi connectivity index (χ1) is 12.5. The molecule has 0 saturated heterocycles. The van der Waals surface area contributed by atoms with E-state index in [1.165, 1.54) is 6.07 Å². The van der Waals surface area contributed by atoms with Crippen molar-refractivity contribution in [2.45, 2.75) is 13.1 Å². The van der Waals surface area contributed by atoms with E-state index in [9.17, 15) is 9.59 Å². The fourth-order valence-electron chi connectivity index (χ4n) is 2.53. The molecular weight excluding hydrogens is 334 g/mol. The second-order valence-electron chi connectivity index (χ2n) is 5.76. The third-order valence-electron chi connectivity index (χ3n) is 3.88. The molecule has 0 amide bonds. The van der Waals surface area contributed by atoms with Gasteiger partial charge in [-0.15, -0.1) is 0 Å². The Labute approximate surface area is 149 Å². The second-order valence-corrected chi connectivity index (χ2v) is 5.76. The standard InChI is InChI=1S/C20H17NO5/c22-19(23)14-6-4-13(5-7-14)11-21-12-17-8-9-18(26-17)15-2-1-3-16(10-15)20(24)25/h1-10,21H,11-12H2,(H,22,23)(H,24,25). The minimum Gasteiger partial charge on any atom is -0.478 e. The maximum atomic E-state index is 11.1. The van der Waals surface area contributed by atoms with Crippen LogP contribution in [-0.4, -0.2) is 22.2 Å². The number of carbonyl (C=O) groups is 2. The van der Waals surface area contributed by atoms with Crippen molar-refractivity contribution < 1.29 is 24.2 Å². The molecule has 26 heavy (non-hydrogen) atoms. The van der Waals surface area contributed by atoms with Gasteiger partial charge in [-0.2, -0.15) is 0 Å². The Morgan fingerprint density at radius 2 is 1.58 bits per heavy atom. The average Bonchev–Trinajstić information content (AvgIpc) is 3.11. The number of aromatic carboxylic acids is 2. The van der Waals surface area contributed by atoms with E-state index in [1.807, 2.05) is 6.07 Å². The average molecular weight is 351 g/mol. The number of hydrogen-bond donors (Lipinski definition) is 3. The lowest BCUT2D eigenvalue weighted by atomic mass is 10.1.